The standard InChI is InChI=1S/C10H21NS/c1-2-12-8-6-10-5-3-4-7-11-9-10/h10-11H,2-9H2,1H3. The molecule has 0 aromatic carbocycles. The van der Waals surface area contributed by atoms with Gasteiger partial charge in [0.2, 0.25) is 0 Å². The predicted molar refractivity (Wildman–Crippen MR) is 57.8 cm³/mol. The Hall–Kier alpha value is 0.310. The molecule has 0 aromatic rings. The summed E-state index contributed by atoms with van der Waals surface area (Å²) < 4.78 is 0. The molecule has 0 amide bonds. The fourth-order valence-electron chi connectivity index (χ4n) is 1.73. The lowest BCUT2D eigenvalue weighted by Crippen LogP contribution is -2.20. The molecule has 1 atom stereocenters. The Labute approximate surface area is 80.7 Å². The Morgan fingerprint density at radius 1 is 1.42 bits per heavy atom. The Bertz CT molecular complexity index is 98.0. The number of thioether (sulfide) groups is 1. The van der Waals surface area contributed by atoms with E-state index in [1.807, 2.05) is 0 Å². The van der Waals surface area contributed by atoms with Gasteiger partial charge in [-0.25, -0.2) is 0 Å². The third-order valence-corrected chi connectivity index (χ3v) is 3.46. The normalized spacial score (nSPS) is 25.2. The molecule has 1 heterocycles. The monoisotopic (exact) mass is 187 g/mol. The van der Waals surface area contributed by atoms with Crippen molar-refractivity contribution in [2.24, 2.45) is 5.92 Å². The maximum absolute atomic E-state index is 3.51. The first-order chi connectivity index (χ1) is 5.93. The van der Waals surface area contributed by atoms with Gasteiger partial charge < -0.3 is 5.32 Å². The molecule has 1 unspecified atom stereocenters. The van der Waals surface area contributed by atoms with Crippen molar-refractivity contribution in [2.75, 3.05) is 24.6 Å². The molecule has 0 radical (unpaired) electrons. The number of rotatable bonds is 4. The van der Waals surface area contributed by atoms with Crippen molar-refractivity contribution in [1.82, 2.24) is 5.32 Å². The minimum atomic E-state index is 0.964. The molecular formula is C10H21NS. The fraction of sp³-hybridized carbons (Fsp3) is 1.00. The summed E-state index contributed by atoms with van der Waals surface area (Å²) in [7, 11) is 0. The van der Waals surface area contributed by atoms with Gasteiger partial charge in [-0.15, -0.1) is 0 Å². The lowest BCUT2D eigenvalue weighted by molar-refractivity contribution is 0.469. The van der Waals surface area contributed by atoms with Gasteiger partial charge in [0.1, 0.15) is 0 Å². The van der Waals surface area contributed by atoms with E-state index in [2.05, 4.69) is 24.0 Å². The lowest BCUT2D eigenvalue weighted by Gasteiger charge is -2.12. The van der Waals surface area contributed by atoms with Crippen molar-refractivity contribution < 1.29 is 0 Å². The van der Waals surface area contributed by atoms with Crippen LogP contribution in [0.15, 0.2) is 0 Å². The summed E-state index contributed by atoms with van der Waals surface area (Å²) in [4.78, 5) is 0. The summed E-state index contributed by atoms with van der Waals surface area (Å²) in [6, 6.07) is 0. The van der Waals surface area contributed by atoms with Crippen molar-refractivity contribution >= 4 is 11.8 Å². The fourth-order valence-corrected chi connectivity index (χ4v) is 2.52. The first-order valence-electron chi connectivity index (χ1n) is 5.22. The molecule has 1 N–H and O–H groups in total. The molecule has 1 saturated heterocycles. The Balaban J connectivity index is 2.04. The van der Waals surface area contributed by atoms with Crippen molar-refractivity contribution in [1.29, 1.82) is 0 Å². The first-order valence-corrected chi connectivity index (χ1v) is 6.37. The van der Waals surface area contributed by atoms with Crippen molar-refractivity contribution in [3.63, 3.8) is 0 Å². The zero-order valence-electron chi connectivity index (χ0n) is 8.14. The summed E-state index contributed by atoms with van der Waals surface area (Å²) in [6.45, 7) is 4.76. The van der Waals surface area contributed by atoms with Gasteiger partial charge >= 0.3 is 0 Å². The second-order valence-electron chi connectivity index (χ2n) is 3.55. The third-order valence-electron chi connectivity index (χ3n) is 2.52. The van der Waals surface area contributed by atoms with Crippen LogP contribution in [-0.4, -0.2) is 24.6 Å². The van der Waals surface area contributed by atoms with E-state index < -0.39 is 0 Å². The van der Waals surface area contributed by atoms with Crippen LogP contribution in [0.2, 0.25) is 0 Å². The predicted octanol–water partition coefficient (Wildman–Crippen LogP) is 2.52. The third kappa shape index (κ3) is 4.36. The van der Waals surface area contributed by atoms with Gasteiger partial charge in [0.25, 0.3) is 0 Å². The van der Waals surface area contributed by atoms with E-state index in [4.69, 9.17) is 0 Å². The van der Waals surface area contributed by atoms with Crippen LogP contribution in [0.25, 0.3) is 0 Å². The topological polar surface area (TPSA) is 12.0 Å². The van der Waals surface area contributed by atoms with E-state index in [0.717, 1.165) is 5.92 Å². The van der Waals surface area contributed by atoms with Crippen LogP contribution in [0.1, 0.15) is 32.6 Å². The van der Waals surface area contributed by atoms with Crippen LogP contribution in [0, 0.1) is 5.92 Å². The molecule has 1 nitrogen and oxygen atoms in total. The molecule has 12 heavy (non-hydrogen) atoms. The largest absolute Gasteiger partial charge is 0.316 e. The first kappa shape index (κ1) is 10.4. The molecule has 1 aliphatic heterocycles. The molecule has 72 valence electrons. The highest BCUT2D eigenvalue weighted by atomic mass is 32.2. The summed E-state index contributed by atoms with van der Waals surface area (Å²) in [5.41, 5.74) is 0. The van der Waals surface area contributed by atoms with Crippen molar-refractivity contribution in [3.05, 3.63) is 0 Å². The maximum atomic E-state index is 3.51. The lowest BCUT2D eigenvalue weighted by atomic mass is 10.0. The molecule has 1 rings (SSSR count). The quantitative estimate of drug-likeness (QED) is 0.679. The molecule has 0 aliphatic carbocycles. The molecule has 0 aromatic heterocycles. The van der Waals surface area contributed by atoms with Crippen LogP contribution in [-0.2, 0) is 0 Å². The average Bonchev–Trinajstić information content (AvgIpc) is 2.33. The van der Waals surface area contributed by atoms with E-state index in [1.54, 1.807) is 0 Å². The summed E-state index contributed by atoms with van der Waals surface area (Å²) in [6.07, 6.45) is 5.70. The second-order valence-corrected chi connectivity index (χ2v) is 4.95. The maximum Gasteiger partial charge on any atom is -0.00202 e. The van der Waals surface area contributed by atoms with E-state index in [1.165, 1.54) is 50.3 Å². The van der Waals surface area contributed by atoms with Crippen LogP contribution in [0.5, 0.6) is 0 Å². The molecule has 0 spiro atoms. The van der Waals surface area contributed by atoms with Crippen LogP contribution in [0.3, 0.4) is 0 Å². The van der Waals surface area contributed by atoms with Gasteiger partial charge in [-0.3, -0.25) is 0 Å². The number of hydrogen-bond acceptors (Lipinski definition) is 2. The minimum absolute atomic E-state index is 0.964. The van der Waals surface area contributed by atoms with Gasteiger partial charge in [-0.05, 0) is 49.8 Å². The second kappa shape index (κ2) is 6.79. The molecular weight excluding hydrogens is 166 g/mol. The number of nitrogens with one attached hydrogen (secondary N) is 1. The summed E-state index contributed by atoms with van der Waals surface area (Å²) >= 11 is 2.08. The molecule has 1 fully saturated rings. The van der Waals surface area contributed by atoms with Crippen molar-refractivity contribution in [3.8, 4) is 0 Å². The van der Waals surface area contributed by atoms with Gasteiger partial charge in [0.15, 0.2) is 0 Å². The molecule has 2 heteroatoms. The van der Waals surface area contributed by atoms with Crippen LogP contribution in [0.4, 0.5) is 0 Å². The highest BCUT2D eigenvalue weighted by Crippen LogP contribution is 2.17. The highest BCUT2D eigenvalue weighted by Gasteiger charge is 2.10. The zero-order chi connectivity index (χ0) is 8.65. The highest BCUT2D eigenvalue weighted by molar-refractivity contribution is 7.99. The molecule has 1 aliphatic rings. The Morgan fingerprint density at radius 3 is 3.17 bits per heavy atom. The smallest absolute Gasteiger partial charge is 0.00202 e. The van der Waals surface area contributed by atoms with E-state index >= 15 is 0 Å². The Kier molecular flexibility index (Phi) is 5.88. The van der Waals surface area contributed by atoms with Gasteiger partial charge in [0, 0.05) is 0 Å². The molecule has 0 saturated carbocycles. The van der Waals surface area contributed by atoms with Crippen LogP contribution >= 0.6 is 11.8 Å². The summed E-state index contributed by atoms with van der Waals surface area (Å²) in [5, 5.41) is 3.51. The average molecular weight is 187 g/mol. The van der Waals surface area contributed by atoms with Gasteiger partial charge in [0.05, 0.1) is 0 Å². The zero-order valence-corrected chi connectivity index (χ0v) is 8.96. The van der Waals surface area contributed by atoms with E-state index in [0.29, 0.717) is 0 Å². The number of hydrogen-bond donors (Lipinski definition) is 1. The molecule has 0 bridgehead atoms. The van der Waals surface area contributed by atoms with E-state index in [9.17, 15) is 0 Å². The van der Waals surface area contributed by atoms with Gasteiger partial charge in [-0.1, -0.05) is 13.3 Å². The SMILES string of the molecule is CCSCCC1CCCCNC1. The summed E-state index contributed by atoms with van der Waals surface area (Å²) in [5.74, 6) is 3.61. The minimum Gasteiger partial charge on any atom is -0.316 e. The van der Waals surface area contributed by atoms with Crippen LogP contribution < -0.4 is 5.32 Å². The van der Waals surface area contributed by atoms with Gasteiger partial charge in [-0.2, -0.15) is 11.8 Å². The Morgan fingerprint density at radius 2 is 2.33 bits per heavy atom. The van der Waals surface area contributed by atoms with Crippen molar-refractivity contribution in [2.45, 2.75) is 32.6 Å². The van der Waals surface area contributed by atoms with E-state index in [-0.39, 0.29) is 0 Å².